The normalized spacial score (nSPS) is 21.0. The number of halogens is 1. The van der Waals surface area contributed by atoms with E-state index in [2.05, 4.69) is 17.3 Å². The third-order valence-corrected chi connectivity index (χ3v) is 3.99. The van der Waals surface area contributed by atoms with Crippen LogP contribution in [-0.2, 0) is 16.1 Å². The number of benzene rings is 1. The minimum Gasteiger partial charge on any atom is -0.389 e. The first kappa shape index (κ1) is 17.7. The maximum absolute atomic E-state index is 9.91. The lowest BCUT2D eigenvalue weighted by Crippen LogP contribution is -2.46. The number of rotatable bonds is 8. The molecule has 0 aromatic heterocycles. The summed E-state index contributed by atoms with van der Waals surface area (Å²) in [5.41, 5.74) is 0.933. The van der Waals surface area contributed by atoms with Gasteiger partial charge in [0.25, 0.3) is 0 Å². The first-order chi connectivity index (χ1) is 10.6. The van der Waals surface area contributed by atoms with Gasteiger partial charge in [0, 0.05) is 31.2 Å². The van der Waals surface area contributed by atoms with Crippen LogP contribution in [0.25, 0.3) is 0 Å². The molecule has 124 valence electrons. The smallest absolute Gasteiger partial charge is 0.0897 e. The van der Waals surface area contributed by atoms with Gasteiger partial charge in [0.1, 0.15) is 0 Å². The van der Waals surface area contributed by atoms with E-state index in [4.69, 9.17) is 21.1 Å². The van der Waals surface area contributed by atoms with Crippen molar-refractivity contribution in [2.24, 2.45) is 0 Å². The second-order valence-electron chi connectivity index (χ2n) is 5.67. The fraction of sp³-hybridized carbons (Fsp3) is 0.625. The molecule has 0 radical (unpaired) electrons. The highest BCUT2D eigenvalue weighted by atomic mass is 35.5. The third-order valence-electron chi connectivity index (χ3n) is 3.62. The van der Waals surface area contributed by atoms with Gasteiger partial charge in [0.15, 0.2) is 0 Å². The van der Waals surface area contributed by atoms with Gasteiger partial charge < -0.3 is 24.8 Å². The summed E-state index contributed by atoms with van der Waals surface area (Å²) >= 11 is 6.05. The summed E-state index contributed by atoms with van der Waals surface area (Å²) in [6.45, 7) is 4.60. The van der Waals surface area contributed by atoms with Crippen LogP contribution in [0.15, 0.2) is 24.3 Å². The van der Waals surface area contributed by atoms with Gasteiger partial charge in [-0.2, -0.15) is 0 Å². The number of hydrogen-bond donors (Lipinski definition) is 2. The molecule has 2 N–H and O–H groups in total. The lowest BCUT2D eigenvalue weighted by Gasteiger charge is -2.30. The van der Waals surface area contributed by atoms with Gasteiger partial charge in [0.2, 0.25) is 0 Å². The van der Waals surface area contributed by atoms with Crippen molar-refractivity contribution in [1.29, 1.82) is 0 Å². The van der Waals surface area contributed by atoms with Crippen LogP contribution in [0.3, 0.4) is 0 Å². The van der Waals surface area contributed by atoms with Crippen LogP contribution in [0.4, 0.5) is 0 Å². The molecule has 6 heteroatoms. The lowest BCUT2D eigenvalue weighted by atomic mass is 10.2. The van der Waals surface area contributed by atoms with E-state index >= 15 is 0 Å². The number of likely N-dealkylation sites (N-methyl/N-ethyl adjacent to an activating group) is 1. The zero-order valence-corrected chi connectivity index (χ0v) is 13.8. The molecule has 1 aromatic carbocycles. The molecule has 1 heterocycles. The SMILES string of the molecule is CN1CCOC(CNCC(O)COCc2ccccc2Cl)C1. The van der Waals surface area contributed by atoms with E-state index in [9.17, 15) is 5.11 Å². The molecule has 1 aromatic rings. The number of nitrogens with zero attached hydrogens (tertiary/aromatic N) is 1. The first-order valence-corrected chi connectivity index (χ1v) is 8.03. The minimum absolute atomic E-state index is 0.190. The Morgan fingerprint density at radius 1 is 1.50 bits per heavy atom. The fourth-order valence-corrected chi connectivity index (χ4v) is 2.57. The second-order valence-corrected chi connectivity index (χ2v) is 6.08. The molecule has 0 bridgehead atoms. The molecular formula is C16H25ClN2O3. The summed E-state index contributed by atoms with van der Waals surface area (Å²) in [5, 5.41) is 13.8. The molecule has 1 aliphatic heterocycles. The third kappa shape index (κ3) is 6.20. The molecule has 0 amide bonds. The monoisotopic (exact) mass is 328 g/mol. The largest absolute Gasteiger partial charge is 0.389 e. The topological polar surface area (TPSA) is 54.0 Å². The van der Waals surface area contributed by atoms with E-state index in [1.165, 1.54) is 0 Å². The van der Waals surface area contributed by atoms with Crippen molar-refractivity contribution in [3.63, 3.8) is 0 Å². The Morgan fingerprint density at radius 3 is 3.09 bits per heavy atom. The Morgan fingerprint density at radius 2 is 2.32 bits per heavy atom. The molecule has 1 saturated heterocycles. The van der Waals surface area contributed by atoms with E-state index < -0.39 is 6.10 Å². The maximum Gasteiger partial charge on any atom is 0.0897 e. The van der Waals surface area contributed by atoms with E-state index in [-0.39, 0.29) is 12.7 Å². The van der Waals surface area contributed by atoms with Gasteiger partial charge >= 0.3 is 0 Å². The maximum atomic E-state index is 9.91. The van der Waals surface area contributed by atoms with E-state index in [0.29, 0.717) is 18.2 Å². The zero-order valence-electron chi connectivity index (χ0n) is 13.0. The van der Waals surface area contributed by atoms with Gasteiger partial charge in [-0.25, -0.2) is 0 Å². The molecule has 0 aliphatic carbocycles. The molecule has 0 saturated carbocycles. The van der Waals surface area contributed by atoms with Crippen molar-refractivity contribution in [3.05, 3.63) is 34.9 Å². The van der Waals surface area contributed by atoms with Crippen molar-refractivity contribution < 1.29 is 14.6 Å². The predicted octanol–water partition coefficient (Wildman–Crippen LogP) is 1.14. The summed E-state index contributed by atoms with van der Waals surface area (Å²) in [6, 6.07) is 7.56. The molecule has 22 heavy (non-hydrogen) atoms. The van der Waals surface area contributed by atoms with Crippen molar-refractivity contribution in [2.75, 3.05) is 46.4 Å². The zero-order chi connectivity index (χ0) is 15.8. The van der Waals surface area contributed by atoms with Crippen LogP contribution >= 0.6 is 11.6 Å². The average molecular weight is 329 g/mol. The number of aliphatic hydroxyl groups is 1. The summed E-state index contributed by atoms with van der Waals surface area (Å²) in [5.74, 6) is 0. The standard InChI is InChI=1S/C16H25ClN2O3/c1-19-6-7-22-15(10-19)9-18-8-14(20)12-21-11-13-4-2-3-5-16(13)17/h2-5,14-15,18,20H,6-12H2,1H3. The molecule has 2 unspecified atom stereocenters. The highest BCUT2D eigenvalue weighted by Gasteiger charge is 2.17. The van der Waals surface area contributed by atoms with Gasteiger partial charge in [-0.15, -0.1) is 0 Å². The summed E-state index contributed by atoms with van der Waals surface area (Å²) < 4.78 is 11.2. The Hall–Kier alpha value is -0.690. The van der Waals surface area contributed by atoms with E-state index in [1.807, 2.05) is 24.3 Å². The van der Waals surface area contributed by atoms with E-state index in [0.717, 1.165) is 31.8 Å². The van der Waals surface area contributed by atoms with Crippen LogP contribution < -0.4 is 5.32 Å². The first-order valence-electron chi connectivity index (χ1n) is 7.65. The lowest BCUT2D eigenvalue weighted by molar-refractivity contribution is -0.0211. The van der Waals surface area contributed by atoms with Crippen LogP contribution in [0.2, 0.25) is 5.02 Å². The van der Waals surface area contributed by atoms with E-state index in [1.54, 1.807) is 0 Å². The number of morpholine rings is 1. The summed E-state index contributed by atoms with van der Waals surface area (Å²) in [6.07, 6.45) is -0.348. The Balaban J connectivity index is 1.56. The Bertz CT molecular complexity index is 447. The summed E-state index contributed by atoms with van der Waals surface area (Å²) in [4.78, 5) is 2.25. The van der Waals surface area contributed by atoms with Gasteiger partial charge in [0.05, 0.1) is 32.0 Å². The number of aliphatic hydroxyl groups excluding tert-OH is 1. The molecule has 2 rings (SSSR count). The van der Waals surface area contributed by atoms with Gasteiger partial charge in [-0.1, -0.05) is 29.8 Å². The van der Waals surface area contributed by atoms with Crippen molar-refractivity contribution in [3.8, 4) is 0 Å². The Kier molecular flexibility index (Phi) is 7.59. The van der Waals surface area contributed by atoms with Crippen LogP contribution in [0.5, 0.6) is 0 Å². The molecule has 5 nitrogen and oxygen atoms in total. The van der Waals surface area contributed by atoms with Crippen LogP contribution in [0.1, 0.15) is 5.56 Å². The highest BCUT2D eigenvalue weighted by molar-refractivity contribution is 6.31. The quantitative estimate of drug-likeness (QED) is 0.749. The summed E-state index contributed by atoms with van der Waals surface area (Å²) in [7, 11) is 2.09. The number of nitrogens with one attached hydrogen (secondary N) is 1. The van der Waals surface area contributed by atoms with Crippen molar-refractivity contribution >= 4 is 11.6 Å². The van der Waals surface area contributed by atoms with Crippen molar-refractivity contribution in [2.45, 2.75) is 18.8 Å². The van der Waals surface area contributed by atoms with Gasteiger partial charge in [-0.3, -0.25) is 0 Å². The highest BCUT2D eigenvalue weighted by Crippen LogP contribution is 2.15. The average Bonchev–Trinajstić information content (AvgIpc) is 2.49. The predicted molar refractivity (Wildman–Crippen MR) is 87.2 cm³/mol. The molecule has 2 atom stereocenters. The molecule has 1 aliphatic rings. The van der Waals surface area contributed by atoms with Crippen molar-refractivity contribution in [1.82, 2.24) is 10.2 Å². The van der Waals surface area contributed by atoms with Gasteiger partial charge in [-0.05, 0) is 18.7 Å². The molecule has 0 spiro atoms. The second kappa shape index (κ2) is 9.45. The molecular weight excluding hydrogens is 304 g/mol. The number of hydrogen-bond acceptors (Lipinski definition) is 5. The molecule has 1 fully saturated rings. The fourth-order valence-electron chi connectivity index (χ4n) is 2.38. The minimum atomic E-state index is -0.538. The van der Waals surface area contributed by atoms with Crippen LogP contribution in [0, 0.1) is 0 Å². The Labute approximate surface area is 137 Å². The van der Waals surface area contributed by atoms with Crippen LogP contribution in [-0.4, -0.2) is 68.7 Å². The number of ether oxygens (including phenoxy) is 2.